The van der Waals surface area contributed by atoms with Crippen LogP contribution in [0.1, 0.15) is 23.5 Å². The van der Waals surface area contributed by atoms with Gasteiger partial charge < -0.3 is 14.5 Å². The van der Waals surface area contributed by atoms with Crippen LogP contribution >= 0.6 is 11.8 Å². The number of ether oxygens (including phenoxy) is 1. The molecule has 4 rings (SSSR count). The molecule has 7 heteroatoms. The van der Waals surface area contributed by atoms with Crippen molar-refractivity contribution in [3.8, 4) is 17.2 Å². The summed E-state index contributed by atoms with van der Waals surface area (Å²) in [6.07, 6.45) is 0.808. The van der Waals surface area contributed by atoms with E-state index >= 15 is 0 Å². The molecule has 0 atom stereocenters. The lowest BCUT2D eigenvalue weighted by Crippen LogP contribution is -2.27. The number of nitrogens with zero attached hydrogens (tertiary/aromatic N) is 2. The van der Waals surface area contributed by atoms with E-state index in [9.17, 15) is 4.79 Å². The summed E-state index contributed by atoms with van der Waals surface area (Å²) in [5, 5.41) is 11.5. The van der Waals surface area contributed by atoms with E-state index in [1.807, 2.05) is 60.7 Å². The molecule has 33 heavy (non-hydrogen) atoms. The van der Waals surface area contributed by atoms with Gasteiger partial charge in [-0.3, -0.25) is 4.79 Å². The fraction of sp³-hybridized carbons (Fsp3) is 0.192. The lowest BCUT2D eigenvalue weighted by molar-refractivity contribution is -0.118. The summed E-state index contributed by atoms with van der Waals surface area (Å²) in [6, 6.07) is 28.2. The minimum atomic E-state index is -0.0723. The summed E-state index contributed by atoms with van der Waals surface area (Å²) in [5.74, 6) is 1.37. The third-order valence-corrected chi connectivity index (χ3v) is 6.05. The second-order valence-electron chi connectivity index (χ2n) is 7.37. The number of nitrogens with one attached hydrogen (secondary N) is 1. The number of methoxy groups -OCH3 is 1. The van der Waals surface area contributed by atoms with Gasteiger partial charge in [-0.05, 0) is 29.7 Å². The molecule has 0 unspecified atom stereocenters. The van der Waals surface area contributed by atoms with Gasteiger partial charge in [-0.1, -0.05) is 84.6 Å². The first-order valence-corrected chi connectivity index (χ1v) is 11.7. The average Bonchev–Trinajstić information content (AvgIpc) is 3.35. The first kappa shape index (κ1) is 22.6. The molecule has 0 aliphatic carbocycles. The van der Waals surface area contributed by atoms with Crippen molar-refractivity contribution in [1.82, 2.24) is 15.5 Å². The van der Waals surface area contributed by atoms with Crippen LogP contribution in [-0.4, -0.2) is 35.5 Å². The van der Waals surface area contributed by atoms with Crippen LogP contribution in [0.4, 0.5) is 0 Å². The summed E-state index contributed by atoms with van der Waals surface area (Å²) >= 11 is 1.22. The van der Waals surface area contributed by atoms with Crippen molar-refractivity contribution in [2.75, 3.05) is 19.4 Å². The largest absolute Gasteiger partial charge is 0.496 e. The van der Waals surface area contributed by atoms with Gasteiger partial charge >= 0.3 is 0 Å². The predicted molar refractivity (Wildman–Crippen MR) is 129 cm³/mol. The zero-order chi connectivity index (χ0) is 22.9. The highest BCUT2D eigenvalue weighted by atomic mass is 32.2. The van der Waals surface area contributed by atoms with Crippen molar-refractivity contribution >= 4 is 17.7 Å². The van der Waals surface area contributed by atoms with Crippen molar-refractivity contribution in [2.45, 2.75) is 17.6 Å². The molecule has 6 nitrogen and oxygen atoms in total. The highest BCUT2D eigenvalue weighted by Gasteiger charge is 2.16. The van der Waals surface area contributed by atoms with E-state index < -0.39 is 0 Å². The molecule has 0 bridgehead atoms. The van der Waals surface area contributed by atoms with Crippen LogP contribution in [-0.2, 0) is 4.79 Å². The van der Waals surface area contributed by atoms with Crippen LogP contribution in [0, 0.1) is 0 Å². The predicted octanol–water partition coefficient (Wildman–Crippen LogP) is 5.18. The monoisotopic (exact) mass is 459 g/mol. The number of benzene rings is 3. The number of thioether (sulfide) groups is 1. The SMILES string of the molecule is COc1ccccc1-c1nnc(SCC(=O)NCCC(c2ccccc2)c2ccccc2)o1. The molecule has 1 heterocycles. The summed E-state index contributed by atoms with van der Waals surface area (Å²) in [4.78, 5) is 12.4. The van der Waals surface area contributed by atoms with Crippen LogP contribution in [0.15, 0.2) is 94.6 Å². The molecule has 0 fully saturated rings. The topological polar surface area (TPSA) is 77.2 Å². The van der Waals surface area contributed by atoms with Gasteiger partial charge in [0.1, 0.15) is 5.75 Å². The van der Waals surface area contributed by atoms with Gasteiger partial charge in [0.05, 0.1) is 18.4 Å². The summed E-state index contributed by atoms with van der Waals surface area (Å²) in [6.45, 7) is 0.574. The lowest BCUT2D eigenvalue weighted by atomic mass is 9.88. The van der Waals surface area contributed by atoms with E-state index in [-0.39, 0.29) is 17.6 Å². The first-order valence-electron chi connectivity index (χ1n) is 10.7. The number of hydrogen-bond acceptors (Lipinski definition) is 6. The molecule has 0 aliphatic heterocycles. The Balaban J connectivity index is 1.30. The van der Waals surface area contributed by atoms with Gasteiger partial charge in [0.15, 0.2) is 0 Å². The van der Waals surface area contributed by atoms with Crippen molar-refractivity contribution < 1.29 is 13.9 Å². The molecule has 4 aromatic rings. The quantitative estimate of drug-likeness (QED) is 0.330. The maximum atomic E-state index is 12.4. The van der Waals surface area contributed by atoms with Crippen molar-refractivity contribution in [3.05, 3.63) is 96.1 Å². The number of amides is 1. The van der Waals surface area contributed by atoms with Crippen LogP contribution < -0.4 is 10.1 Å². The van der Waals surface area contributed by atoms with Crippen molar-refractivity contribution in [2.24, 2.45) is 0 Å². The molecule has 1 amide bonds. The third kappa shape index (κ3) is 6.02. The molecule has 0 saturated heterocycles. The number of carbonyl (C=O) groups excluding carboxylic acids is 1. The van der Waals surface area contributed by atoms with E-state index in [0.717, 1.165) is 12.0 Å². The second-order valence-corrected chi connectivity index (χ2v) is 8.30. The Kier molecular flexibility index (Phi) is 7.76. The van der Waals surface area contributed by atoms with E-state index in [4.69, 9.17) is 9.15 Å². The number of para-hydroxylation sites is 1. The Morgan fingerprint density at radius 1 is 0.939 bits per heavy atom. The Bertz CT molecular complexity index is 1130. The Hall–Kier alpha value is -3.58. The maximum Gasteiger partial charge on any atom is 0.277 e. The fourth-order valence-corrected chi connectivity index (χ4v) is 4.22. The van der Waals surface area contributed by atoms with Crippen LogP contribution in [0.5, 0.6) is 5.75 Å². The smallest absolute Gasteiger partial charge is 0.277 e. The number of hydrogen-bond donors (Lipinski definition) is 1. The molecule has 1 aromatic heterocycles. The molecule has 0 spiro atoms. The molecular formula is C26H25N3O3S. The van der Waals surface area contributed by atoms with Crippen molar-refractivity contribution in [1.29, 1.82) is 0 Å². The molecule has 0 radical (unpaired) electrons. The molecule has 0 aliphatic rings. The highest BCUT2D eigenvalue weighted by Crippen LogP contribution is 2.30. The van der Waals surface area contributed by atoms with E-state index in [1.54, 1.807) is 7.11 Å². The Labute approximate surface area is 197 Å². The van der Waals surface area contributed by atoms with E-state index in [0.29, 0.717) is 23.4 Å². The molecule has 0 saturated carbocycles. The van der Waals surface area contributed by atoms with Gasteiger partial charge in [-0.25, -0.2) is 0 Å². The molecular weight excluding hydrogens is 434 g/mol. The van der Waals surface area contributed by atoms with Gasteiger partial charge in [0.2, 0.25) is 5.91 Å². The highest BCUT2D eigenvalue weighted by molar-refractivity contribution is 7.99. The van der Waals surface area contributed by atoms with Gasteiger partial charge in [0.25, 0.3) is 11.1 Å². The maximum absolute atomic E-state index is 12.4. The summed E-state index contributed by atoms with van der Waals surface area (Å²) in [7, 11) is 1.59. The third-order valence-electron chi connectivity index (χ3n) is 5.23. The first-order chi connectivity index (χ1) is 16.2. The minimum Gasteiger partial charge on any atom is -0.496 e. The zero-order valence-electron chi connectivity index (χ0n) is 18.3. The van der Waals surface area contributed by atoms with Gasteiger partial charge in [0, 0.05) is 12.5 Å². The summed E-state index contributed by atoms with van der Waals surface area (Å²) < 4.78 is 11.0. The van der Waals surface area contributed by atoms with Crippen LogP contribution in [0.3, 0.4) is 0 Å². The summed E-state index contributed by atoms with van der Waals surface area (Å²) in [5.41, 5.74) is 3.20. The second kappa shape index (κ2) is 11.3. The number of carbonyl (C=O) groups is 1. The molecule has 168 valence electrons. The number of aromatic nitrogens is 2. The average molecular weight is 460 g/mol. The number of rotatable bonds is 10. The lowest BCUT2D eigenvalue weighted by Gasteiger charge is -2.18. The molecule has 3 aromatic carbocycles. The van der Waals surface area contributed by atoms with Gasteiger partial charge in [-0.2, -0.15) is 0 Å². The zero-order valence-corrected chi connectivity index (χ0v) is 19.1. The van der Waals surface area contributed by atoms with Crippen LogP contribution in [0.2, 0.25) is 0 Å². The van der Waals surface area contributed by atoms with Crippen molar-refractivity contribution in [3.63, 3.8) is 0 Å². The molecule has 1 N–H and O–H groups in total. The normalized spacial score (nSPS) is 10.8. The van der Waals surface area contributed by atoms with Gasteiger partial charge in [-0.15, -0.1) is 10.2 Å². The minimum absolute atomic E-state index is 0.0723. The Morgan fingerprint density at radius 2 is 1.58 bits per heavy atom. The van der Waals surface area contributed by atoms with E-state index in [2.05, 4.69) is 39.8 Å². The standard InChI is InChI=1S/C26H25N3O3S/c1-31-23-15-9-8-14-22(23)25-28-29-26(32-25)33-18-24(30)27-17-16-21(19-10-4-2-5-11-19)20-12-6-3-7-13-20/h2-15,21H,16-18H2,1H3,(H,27,30). The fourth-order valence-electron chi connectivity index (χ4n) is 3.63. The van der Waals surface area contributed by atoms with E-state index in [1.165, 1.54) is 22.9 Å². The Morgan fingerprint density at radius 3 is 2.24 bits per heavy atom. The van der Waals surface area contributed by atoms with Crippen LogP contribution in [0.25, 0.3) is 11.5 Å².